The number of nitrogens with one attached hydrogen (secondary N) is 1. The molecule has 1 aliphatic heterocycles. The molecule has 0 saturated carbocycles. The first-order valence-corrected chi connectivity index (χ1v) is 6.82. The molecule has 1 aromatic heterocycles. The highest BCUT2D eigenvalue weighted by Gasteiger charge is 2.23. The molecule has 0 aromatic carbocycles. The number of hydrogen-bond acceptors (Lipinski definition) is 7. The first-order valence-electron chi connectivity index (χ1n) is 6.82. The standard InChI is InChI=1S/C13H20N4O3/c18-8-1-4-14-13-15-5-2-12(16-13)20-11-3-6-17(10-11)7-9-19/h2,5,9,11,18H,1,3-4,6-8,10H2,(H,14,15,16). The Morgan fingerprint density at radius 3 is 3.30 bits per heavy atom. The van der Waals surface area contributed by atoms with E-state index in [1.807, 2.05) is 0 Å². The van der Waals surface area contributed by atoms with Crippen molar-refractivity contribution < 1.29 is 14.6 Å². The molecule has 1 fully saturated rings. The van der Waals surface area contributed by atoms with E-state index in [-0.39, 0.29) is 12.7 Å². The number of hydrogen-bond donors (Lipinski definition) is 2. The van der Waals surface area contributed by atoms with Gasteiger partial charge in [-0.25, -0.2) is 4.98 Å². The maximum Gasteiger partial charge on any atom is 0.225 e. The first-order chi connectivity index (χ1) is 9.81. The summed E-state index contributed by atoms with van der Waals surface area (Å²) in [6.07, 6.45) is 4.16. The summed E-state index contributed by atoms with van der Waals surface area (Å²) in [6.45, 7) is 2.83. The smallest absolute Gasteiger partial charge is 0.225 e. The van der Waals surface area contributed by atoms with Crippen LogP contribution in [0.15, 0.2) is 12.3 Å². The van der Waals surface area contributed by atoms with E-state index < -0.39 is 0 Å². The van der Waals surface area contributed by atoms with E-state index in [0.29, 0.717) is 31.3 Å². The molecule has 1 aromatic rings. The van der Waals surface area contributed by atoms with Gasteiger partial charge in [0.15, 0.2) is 0 Å². The van der Waals surface area contributed by atoms with Gasteiger partial charge < -0.3 is 20.0 Å². The second-order valence-corrected chi connectivity index (χ2v) is 4.68. The molecular formula is C13H20N4O3. The van der Waals surface area contributed by atoms with E-state index in [2.05, 4.69) is 20.2 Å². The van der Waals surface area contributed by atoms with Crippen molar-refractivity contribution in [1.29, 1.82) is 0 Å². The van der Waals surface area contributed by atoms with Crippen LogP contribution in [0.5, 0.6) is 5.88 Å². The van der Waals surface area contributed by atoms with Crippen molar-refractivity contribution in [1.82, 2.24) is 14.9 Å². The zero-order valence-corrected chi connectivity index (χ0v) is 11.4. The lowest BCUT2D eigenvalue weighted by Crippen LogP contribution is -2.26. The fourth-order valence-corrected chi connectivity index (χ4v) is 2.11. The molecule has 0 bridgehead atoms. The van der Waals surface area contributed by atoms with E-state index in [4.69, 9.17) is 9.84 Å². The van der Waals surface area contributed by atoms with Crippen LogP contribution in [0.4, 0.5) is 5.95 Å². The summed E-state index contributed by atoms with van der Waals surface area (Å²) in [7, 11) is 0. The summed E-state index contributed by atoms with van der Waals surface area (Å²) in [5.74, 6) is 1.03. The third-order valence-corrected chi connectivity index (χ3v) is 3.10. The van der Waals surface area contributed by atoms with Crippen molar-refractivity contribution in [2.24, 2.45) is 0 Å². The Morgan fingerprint density at radius 1 is 1.60 bits per heavy atom. The van der Waals surface area contributed by atoms with Gasteiger partial charge in [-0.05, 0) is 12.8 Å². The van der Waals surface area contributed by atoms with Gasteiger partial charge in [0.1, 0.15) is 12.4 Å². The molecule has 2 N–H and O–H groups in total. The largest absolute Gasteiger partial charge is 0.473 e. The summed E-state index contributed by atoms with van der Waals surface area (Å²) < 4.78 is 5.80. The topological polar surface area (TPSA) is 87.6 Å². The van der Waals surface area contributed by atoms with Gasteiger partial charge in [0.25, 0.3) is 0 Å². The molecule has 110 valence electrons. The highest BCUT2D eigenvalue weighted by atomic mass is 16.5. The fourth-order valence-electron chi connectivity index (χ4n) is 2.11. The maximum absolute atomic E-state index is 10.5. The lowest BCUT2D eigenvalue weighted by molar-refractivity contribution is -0.108. The van der Waals surface area contributed by atoms with Gasteiger partial charge in [-0.15, -0.1) is 0 Å². The van der Waals surface area contributed by atoms with Crippen molar-refractivity contribution in [2.75, 3.05) is 38.1 Å². The number of likely N-dealkylation sites (tertiary alicyclic amines) is 1. The van der Waals surface area contributed by atoms with Crippen LogP contribution in [0.25, 0.3) is 0 Å². The van der Waals surface area contributed by atoms with Gasteiger partial charge in [-0.3, -0.25) is 4.90 Å². The number of aromatic nitrogens is 2. The van der Waals surface area contributed by atoms with Crippen molar-refractivity contribution >= 4 is 12.2 Å². The average Bonchev–Trinajstić information content (AvgIpc) is 2.87. The van der Waals surface area contributed by atoms with E-state index in [0.717, 1.165) is 25.8 Å². The van der Waals surface area contributed by atoms with Crippen molar-refractivity contribution in [3.8, 4) is 5.88 Å². The molecule has 1 aliphatic rings. The second kappa shape index (κ2) is 7.76. The lowest BCUT2D eigenvalue weighted by Gasteiger charge is -2.14. The number of ether oxygens (including phenoxy) is 1. The highest BCUT2D eigenvalue weighted by molar-refractivity contribution is 5.52. The molecule has 1 unspecified atom stereocenters. The number of carbonyl (C=O) groups is 1. The number of carbonyl (C=O) groups excluding carboxylic acids is 1. The van der Waals surface area contributed by atoms with Gasteiger partial charge >= 0.3 is 0 Å². The third kappa shape index (κ3) is 4.43. The van der Waals surface area contributed by atoms with Crippen LogP contribution in [0, 0.1) is 0 Å². The van der Waals surface area contributed by atoms with Crippen LogP contribution in [0.1, 0.15) is 12.8 Å². The molecule has 0 amide bonds. The summed E-state index contributed by atoms with van der Waals surface area (Å²) in [5.41, 5.74) is 0. The Balaban J connectivity index is 1.83. The normalized spacial score (nSPS) is 18.9. The number of nitrogens with zero attached hydrogens (tertiary/aromatic N) is 3. The summed E-state index contributed by atoms with van der Waals surface area (Å²) >= 11 is 0. The van der Waals surface area contributed by atoms with Crippen LogP contribution in [-0.2, 0) is 4.79 Å². The average molecular weight is 280 g/mol. The van der Waals surface area contributed by atoms with Crippen LogP contribution in [-0.4, -0.2) is 65.2 Å². The van der Waals surface area contributed by atoms with E-state index in [1.54, 1.807) is 12.3 Å². The Kier molecular flexibility index (Phi) is 5.69. The predicted molar refractivity (Wildman–Crippen MR) is 73.8 cm³/mol. The molecule has 0 aliphatic carbocycles. The Morgan fingerprint density at radius 2 is 2.50 bits per heavy atom. The molecule has 2 rings (SSSR count). The number of rotatable bonds is 8. The quantitative estimate of drug-likeness (QED) is 0.509. The van der Waals surface area contributed by atoms with E-state index in [9.17, 15) is 4.79 Å². The summed E-state index contributed by atoms with van der Waals surface area (Å²) in [4.78, 5) is 20.9. The molecule has 0 radical (unpaired) electrons. The van der Waals surface area contributed by atoms with Crippen LogP contribution in [0.2, 0.25) is 0 Å². The summed E-state index contributed by atoms with van der Waals surface area (Å²) in [5, 5.41) is 11.7. The van der Waals surface area contributed by atoms with E-state index in [1.165, 1.54) is 0 Å². The predicted octanol–water partition coefficient (Wildman–Crippen LogP) is -0.0771. The monoisotopic (exact) mass is 280 g/mol. The SMILES string of the molecule is O=CCN1CCC(Oc2ccnc(NCCCO)n2)C1. The zero-order valence-electron chi connectivity index (χ0n) is 11.4. The Labute approximate surface area is 118 Å². The molecule has 7 nitrogen and oxygen atoms in total. The minimum Gasteiger partial charge on any atom is -0.473 e. The van der Waals surface area contributed by atoms with Crippen molar-refractivity contribution in [2.45, 2.75) is 18.9 Å². The number of aliphatic hydroxyl groups excluding tert-OH is 1. The second-order valence-electron chi connectivity index (χ2n) is 4.68. The van der Waals surface area contributed by atoms with Crippen molar-refractivity contribution in [3.63, 3.8) is 0 Å². The molecule has 1 saturated heterocycles. The van der Waals surface area contributed by atoms with Gasteiger partial charge in [0, 0.05) is 38.5 Å². The molecule has 7 heteroatoms. The van der Waals surface area contributed by atoms with Crippen LogP contribution >= 0.6 is 0 Å². The summed E-state index contributed by atoms with van der Waals surface area (Å²) in [6, 6.07) is 1.72. The number of aldehydes is 1. The van der Waals surface area contributed by atoms with Gasteiger partial charge in [0.05, 0.1) is 6.54 Å². The molecule has 2 heterocycles. The molecule has 1 atom stereocenters. The van der Waals surface area contributed by atoms with Gasteiger partial charge in [-0.2, -0.15) is 4.98 Å². The Hall–Kier alpha value is -1.73. The van der Waals surface area contributed by atoms with Gasteiger partial charge in [0.2, 0.25) is 11.8 Å². The van der Waals surface area contributed by atoms with Gasteiger partial charge in [-0.1, -0.05) is 0 Å². The third-order valence-electron chi connectivity index (χ3n) is 3.10. The highest BCUT2D eigenvalue weighted by Crippen LogP contribution is 2.16. The lowest BCUT2D eigenvalue weighted by atomic mass is 10.3. The van der Waals surface area contributed by atoms with Crippen molar-refractivity contribution in [3.05, 3.63) is 12.3 Å². The minimum absolute atomic E-state index is 0.0649. The van der Waals surface area contributed by atoms with Crippen LogP contribution in [0.3, 0.4) is 0 Å². The van der Waals surface area contributed by atoms with E-state index >= 15 is 0 Å². The fraction of sp³-hybridized carbons (Fsp3) is 0.615. The first kappa shape index (κ1) is 14.7. The van der Waals surface area contributed by atoms with Crippen LogP contribution < -0.4 is 10.1 Å². The zero-order chi connectivity index (χ0) is 14.2. The maximum atomic E-state index is 10.5. The Bertz CT molecular complexity index is 430. The number of anilines is 1. The molecule has 20 heavy (non-hydrogen) atoms. The molecule has 0 spiro atoms. The minimum atomic E-state index is 0.0649. The molecular weight excluding hydrogens is 260 g/mol. The number of aliphatic hydroxyl groups is 1.